The van der Waals surface area contributed by atoms with Crippen molar-refractivity contribution < 1.29 is 23.5 Å². The van der Waals surface area contributed by atoms with E-state index in [0.29, 0.717) is 59.0 Å². The van der Waals surface area contributed by atoms with Gasteiger partial charge in [-0.25, -0.2) is 4.79 Å². The van der Waals surface area contributed by atoms with Gasteiger partial charge in [0.2, 0.25) is 11.8 Å². The zero-order valence-electron chi connectivity index (χ0n) is 40.1. The number of nitrogens with one attached hydrogen (secondary N) is 2. The number of amides is 3. The van der Waals surface area contributed by atoms with Crippen molar-refractivity contribution in [3.05, 3.63) is 149 Å². The van der Waals surface area contributed by atoms with Crippen molar-refractivity contribution in [3.63, 3.8) is 0 Å². The molecule has 1 atom stereocenters. The van der Waals surface area contributed by atoms with E-state index in [1.807, 2.05) is 19.0 Å². The Balaban J connectivity index is 0.926. The SMILES string of the molecule is CCN(CC(=O)NCCN(C)C)C(=O)[C@@H](C)Oc1ccc2c(-c3ccc(NC(=O)CCCCCCCCCCC[P+](c4ccccc4)(c4ccccc4)c4ccccc4)cc3Cl)cc(=O)oc2c1. The van der Waals surface area contributed by atoms with Gasteiger partial charge in [-0.3, -0.25) is 14.4 Å². The summed E-state index contributed by atoms with van der Waals surface area (Å²) in [5.41, 5.74) is 1.42. The zero-order valence-corrected chi connectivity index (χ0v) is 41.7. The minimum atomic E-state index is -1.77. The summed E-state index contributed by atoms with van der Waals surface area (Å²) in [4.78, 5) is 54.8. The summed E-state index contributed by atoms with van der Waals surface area (Å²) in [7, 11) is 2.06. The summed E-state index contributed by atoms with van der Waals surface area (Å²) in [5.74, 6) is -0.330. The van der Waals surface area contributed by atoms with Gasteiger partial charge < -0.3 is 29.6 Å². The first-order valence-electron chi connectivity index (χ1n) is 24.1. The number of halogens is 1. The first-order valence-corrected chi connectivity index (χ1v) is 26.4. The smallest absolute Gasteiger partial charge is 0.336 e. The van der Waals surface area contributed by atoms with Gasteiger partial charge in [0, 0.05) is 60.4 Å². The average molecular weight is 959 g/mol. The van der Waals surface area contributed by atoms with Gasteiger partial charge in [0.05, 0.1) is 17.7 Å². The van der Waals surface area contributed by atoms with Gasteiger partial charge in [-0.1, -0.05) is 111 Å². The van der Waals surface area contributed by atoms with E-state index in [1.165, 1.54) is 65.4 Å². The lowest BCUT2D eigenvalue weighted by molar-refractivity contribution is -0.141. The molecule has 0 radical (unpaired) electrons. The van der Waals surface area contributed by atoms with E-state index in [-0.39, 0.29) is 29.8 Å². The van der Waals surface area contributed by atoms with E-state index in [4.69, 9.17) is 20.8 Å². The van der Waals surface area contributed by atoms with E-state index in [9.17, 15) is 19.2 Å². The fraction of sp³-hybridized carbons (Fsp3) is 0.357. The standard InChI is InChI=1S/C56H66ClN4O6P/c1-5-61(41-54(63)58-35-36-60(3)4)56(65)42(2)66-44-32-34-49-50(40-55(64)67-52(49)39-44)48-33-31-43(38-51(48)57)59-53(62)30-22-11-9-7-6-8-10-12-23-37-68(45-24-16-13-17-25-45,46-26-18-14-19-27-46)47-28-20-15-21-29-47/h13-21,24-29,31-34,38-40,42H,5-12,22-23,30,35-37,41H2,1-4H3,(H-,58,59,62,63,64)/p+1/t42-/m1/s1. The van der Waals surface area contributed by atoms with E-state index in [1.54, 1.807) is 50.2 Å². The molecule has 5 aromatic carbocycles. The van der Waals surface area contributed by atoms with Crippen molar-refractivity contribution in [2.24, 2.45) is 0 Å². The van der Waals surface area contributed by atoms with Crippen molar-refractivity contribution in [2.75, 3.05) is 51.8 Å². The van der Waals surface area contributed by atoms with Crippen LogP contribution in [0.1, 0.15) is 78.1 Å². The summed E-state index contributed by atoms with van der Waals surface area (Å²) in [6.07, 6.45) is 10.9. The van der Waals surface area contributed by atoms with Gasteiger partial charge in [-0.05, 0) is 108 Å². The summed E-state index contributed by atoms with van der Waals surface area (Å²) in [5, 5.41) is 11.1. The fourth-order valence-electron chi connectivity index (χ4n) is 8.73. The Labute approximate surface area is 407 Å². The number of nitrogens with zero attached hydrogens (tertiary/aromatic N) is 2. The normalized spacial score (nSPS) is 11.9. The topological polar surface area (TPSA) is 121 Å². The van der Waals surface area contributed by atoms with Crippen LogP contribution in [0.3, 0.4) is 0 Å². The fourth-order valence-corrected chi connectivity index (χ4v) is 13.4. The molecular formula is C56H67ClN4O6P+. The van der Waals surface area contributed by atoms with Crippen LogP contribution < -0.4 is 36.9 Å². The predicted octanol–water partition coefficient (Wildman–Crippen LogP) is 10.2. The number of benzene rings is 5. The Bertz CT molecular complexity index is 2510. The monoisotopic (exact) mass is 957 g/mol. The van der Waals surface area contributed by atoms with Gasteiger partial charge >= 0.3 is 5.63 Å². The molecule has 6 rings (SSSR count). The Morgan fingerprint density at radius 1 is 0.691 bits per heavy atom. The van der Waals surface area contributed by atoms with Gasteiger partial charge in [-0.2, -0.15) is 0 Å². The number of rotatable bonds is 26. The molecule has 1 heterocycles. The molecule has 0 saturated carbocycles. The Hall–Kier alpha value is -5.80. The maximum atomic E-state index is 13.2. The van der Waals surface area contributed by atoms with Crippen LogP contribution in [0.2, 0.25) is 5.02 Å². The molecule has 10 nitrogen and oxygen atoms in total. The van der Waals surface area contributed by atoms with Crippen molar-refractivity contribution in [1.29, 1.82) is 0 Å². The average Bonchev–Trinajstić information content (AvgIpc) is 3.34. The lowest BCUT2D eigenvalue weighted by Crippen LogP contribution is -2.46. The van der Waals surface area contributed by atoms with Crippen LogP contribution in [0, 0.1) is 0 Å². The Morgan fingerprint density at radius 3 is 1.82 bits per heavy atom. The molecule has 2 N–H and O–H groups in total. The molecule has 0 saturated heterocycles. The second-order valence-corrected chi connectivity index (χ2v) is 21.6. The second-order valence-electron chi connectivity index (χ2n) is 17.6. The summed E-state index contributed by atoms with van der Waals surface area (Å²) < 4.78 is 11.5. The van der Waals surface area contributed by atoms with Gasteiger partial charge in [0.15, 0.2) is 6.10 Å². The van der Waals surface area contributed by atoms with E-state index in [0.717, 1.165) is 25.4 Å². The number of unbranched alkanes of at least 4 members (excludes halogenated alkanes) is 8. The van der Waals surface area contributed by atoms with E-state index < -0.39 is 19.0 Å². The largest absolute Gasteiger partial charge is 0.481 e. The number of anilines is 1. The molecule has 0 aliphatic heterocycles. The molecule has 68 heavy (non-hydrogen) atoms. The highest BCUT2D eigenvalue weighted by Gasteiger charge is 2.44. The van der Waals surface area contributed by atoms with Gasteiger partial charge in [0.25, 0.3) is 5.91 Å². The zero-order chi connectivity index (χ0) is 48.3. The van der Waals surface area contributed by atoms with E-state index >= 15 is 0 Å². The highest BCUT2D eigenvalue weighted by molar-refractivity contribution is 7.95. The van der Waals surface area contributed by atoms with Crippen LogP contribution in [-0.2, 0) is 14.4 Å². The molecule has 3 amide bonds. The van der Waals surface area contributed by atoms with Crippen LogP contribution in [0.25, 0.3) is 22.1 Å². The summed E-state index contributed by atoms with van der Waals surface area (Å²) in [6, 6.07) is 45.0. The molecular weight excluding hydrogens is 891 g/mol. The lowest BCUT2D eigenvalue weighted by Gasteiger charge is -2.27. The van der Waals surface area contributed by atoms with Crippen LogP contribution in [0.4, 0.5) is 5.69 Å². The number of carbonyl (C=O) groups excluding carboxylic acids is 3. The highest BCUT2D eigenvalue weighted by Crippen LogP contribution is 2.56. The van der Waals surface area contributed by atoms with Crippen molar-refractivity contribution in [3.8, 4) is 16.9 Å². The number of hydrogen-bond acceptors (Lipinski definition) is 7. The van der Waals surface area contributed by atoms with Gasteiger partial charge in [0.1, 0.15) is 34.5 Å². The third kappa shape index (κ3) is 14.4. The lowest BCUT2D eigenvalue weighted by atomic mass is 10.0. The van der Waals surface area contributed by atoms with Crippen LogP contribution in [0.15, 0.2) is 143 Å². The van der Waals surface area contributed by atoms with Crippen LogP contribution >= 0.6 is 18.9 Å². The molecule has 0 spiro atoms. The van der Waals surface area contributed by atoms with Gasteiger partial charge in [-0.15, -0.1) is 0 Å². The maximum Gasteiger partial charge on any atom is 0.336 e. The molecule has 0 bridgehead atoms. The third-order valence-electron chi connectivity index (χ3n) is 12.3. The molecule has 358 valence electrons. The molecule has 6 aromatic rings. The van der Waals surface area contributed by atoms with E-state index in [2.05, 4.69) is 102 Å². The Kier molecular flexibility index (Phi) is 19.8. The van der Waals surface area contributed by atoms with Crippen LogP contribution in [0.5, 0.6) is 5.75 Å². The molecule has 1 aromatic heterocycles. The minimum Gasteiger partial charge on any atom is -0.481 e. The Morgan fingerprint density at radius 2 is 1.26 bits per heavy atom. The van der Waals surface area contributed by atoms with Crippen molar-refractivity contribution in [1.82, 2.24) is 15.1 Å². The number of carbonyl (C=O) groups is 3. The third-order valence-corrected chi connectivity index (χ3v) is 17.2. The first kappa shape index (κ1) is 51.6. The molecule has 12 heteroatoms. The predicted molar refractivity (Wildman–Crippen MR) is 282 cm³/mol. The molecule has 0 aliphatic carbocycles. The van der Waals surface area contributed by atoms with Crippen molar-refractivity contribution >= 4 is 69.2 Å². The number of likely N-dealkylation sites (N-methyl/N-ethyl adjacent to an activating group) is 2. The highest BCUT2D eigenvalue weighted by atomic mass is 35.5. The quantitative estimate of drug-likeness (QED) is 0.0316. The summed E-state index contributed by atoms with van der Waals surface area (Å²) >= 11 is 6.79. The molecule has 0 unspecified atom stereocenters. The summed E-state index contributed by atoms with van der Waals surface area (Å²) in [6.45, 7) is 4.84. The van der Waals surface area contributed by atoms with Crippen molar-refractivity contribution in [2.45, 2.75) is 84.2 Å². The number of fused-ring (bicyclic) bond motifs is 1. The maximum absolute atomic E-state index is 13.2. The number of ether oxygens (including phenoxy) is 1. The number of hydrogen-bond donors (Lipinski definition) is 2. The molecule has 0 aliphatic rings. The first-order chi connectivity index (χ1) is 33.0. The van der Waals surface area contributed by atoms with Crippen LogP contribution in [-0.4, -0.2) is 80.1 Å². The minimum absolute atomic E-state index is 0.0642. The second kappa shape index (κ2) is 26.1. The molecule has 0 fully saturated rings.